The summed E-state index contributed by atoms with van der Waals surface area (Å²) in [5, 5.41) is 9.46. The van der Waals surface area contributed by atoms with Crippen molar-refractivity contribution in [2.24, 2.45) is 0 Å². The Bertz CT molecular complexity index is 572. The van der Waals surface area contributed by atoms with E-state index in [4.69, 9.17) is 5.48 Å². The zero-order chi connectivity index (χ0) is 14.7. The van der Waals surface area contributed by atoms with Crippen LogP contribution in [0.3, 0.4) is 0 Å². The Hall–Kier alpha value is -1.51. The van der Waals surface area contributed by atoms with E-state index in [2.05, 4.69) is 0 Å². The molecular formula is C13H15NO2. The van der Waals surface area contributed by atoms with E-state index in [-0.39, 0.29) is 31.0 Å². The average Bonchev–Trinajstić information content (AvgIpc) is 2.74. The van der Waals surface area contributed by atoms with Gasteiger partial charge in [0.2, 0.25) is 0 Å². The van der Waals surface area contributed by atoms with Crippen LogP contribution in [0.1, 0.15) is 47.0 Å². The fraction of sp³-hybridized carbons (Fsp3) is 0.462. The molecular weight excluding hydrogens is 202 g/mol. The predicted octanol–water partition coefficient (Wildman–Crippen LogP) is 2.29. The highest BCUT2D eigenvalue weighted by molar-refractivity contribution is 5.98. The molecule has 1 aromatic carbocycles. The van der Waals surface area contributed by atoms with Crippen LogP contribution in [0, 0.1) is 0 Å². The van der Waals surface area contributed by atoms with E-state index < -0.39 is 18.8 Å². The maximum absolute atomic E-state index is 12.4. The molecule has 1 aromatic rings. The summed E-state index contributed by atoms with van der Waals surface area (Å²) in [5.74, 6) is -0.310. The highest BCUT2D eigenvalue weighted by Gasteiger charge is 2.33. The van der Waals surface area contributed by atoms with Crippen molar-refractivity contribution in [3.8, 4) is 5.75 Å². The van der Waals surface area contributed by atoms with E-state index in [0.717, 1.165) is 0 Å². The lowest BCUT2D eigenvalue weighted by atomic mass is 10.1. The summed E-state index contributed by atoms with van der Waals surface area (Å²) in [6, 6.07) is 3.32. The van der Waals surface area contributed by atoms with Crippen LogP contribution in [0.15, 0.2) is 18.2 Å². The maximum Gasteiger partial charge on any atom is 0.254 e. The van der Waals surface area contributed by atoms with Crippen molar-refractivity contribution in [3.05, 3.63) is 29.3 Å². The van der Waals surface area contributed by atoms with Crippen molar-refractivity contribution in [2.45, 2.75) is 38.2 Å². The lowest BCUT2D eigenvalue weighted by molar-refractivity contribution is 0.0707. The molecule has 84 valence electrons. The number of hydrogen-bond donors (Lipinski definition) is 1. The van der Waals surface area contributed by atoms with Gasteiger partial charge in [0.15, 0.2) is 0 Å². The molecule has 16 heavy (non-hydrogen) atoms. The molecule has 1 fully saturated rings. The van der Waals surface area contributed by atoms with Crippen LogP contribution < -0.4 is 0 Å². The minimum atomic E-state index is -1.73. The van der Waals surface area contributed by atoms with Crippen molar-refractivity contribution in [1.82, 2.24) is 4.90 Å². The number of benzene rings is 1. The molecule has 1 saturated carbocycles. The van der Waals surface area contributed by atoms with E-state index in [9.17, 15) is 9.90 Å². The number of rotatable bonds is 1. The second kappa shape index (κ2) is 3.51. The maximum atomic E-state index is 12.4. The van der Waals surface area contributed by atoms with Gasteiger partial charge in [0.25, 0.3) is 5.91 Å². The summed E-state index contributed by atoms with van der Waals surface area (Å²) in [5.41, 5.74) is 1.04. The molecule has 3 rings (SSSR count). The molecule has 2 aliphatic rings. The summed E-state index contributed by atoms with van der Waals surface area (Å²) in [6.07, 6.45) is -3.25. The number of phenolic OH excluding ortho intramolecular Hbond substituents is 1. The largest absolute Gasteiger partial charge is 0.508 e. The molecule has 0 saturated heterocycles. The fourth-order valence-corrected chi connectivity index (χ4v) is 2.25. The summed E-state index contributed by atoms with van der Waals surface area (Å²) in [7, 11) is 0. The number of carbonyl (C=O) groups is 1. The zero-order valence-corrected chi connectivity index (χ0v) is 8.73. The second-order valence-corrected chi connectivity index (χ2v) is 4.09. The van der Waals surface area contributed by atoms with E-state index in [1.807, 2.05) is 0 Å². The van der Waals surface area contributed by atoms with Gasteiger partial charge in [-0.3, -0.25) is 4.79 Å². The number of phenols is 1. The second-order valence-electron chi connectivity index (χ2n) is 4.09. The average molecular weight is 221 g/mol. The van der Waals surface area contributed by atoms with Crippen molar-refractivity contribution in [2.75, 3.05) is 0 Å². The molecule has 1 amide bonds. The third kappa shape index (κ3) is 1.39. The van der Waals surface area contributed by atoms with Gasteiger partial charge in [0.05, 0.1) is 0 Å². The molecule has 3 heteroatoms. The topological polar surface area (TPSA) is 40.5 Å². The predicted molar refractivity (Wildman–Crippen MR) is 60.2 cm³/mol. The number of nitrogens with zero attached hydrogens (tertiary/aromatic N) is 1. The fourth-order valence-electron chi connectivity index (χ4n) is 2.25. The number of aromatic hydroxyl groups is 1. The van der Waals surface area contributed by atoms with Crippen LogP contribution in [0.25, 0.3) is 0 Å². The van der Waals surface area contributed by atoms with Gasteiger partial charge in [-0.15, -0.1) is 0 Å². The summed E-state index contributed by atoms with van der Waals surface area (Å²) >= 11 is 0. The SMILES string of the molecule is [2H]C1([2H])CCC([2H])([2H])C1N1Cc2cc(O)ccc2C1=O. The Kier molecular flexibility index (Phi) is 1.38. The number of amides is 1. The first kappa shape index (κ1) is 6.28. The first-order chi connectivity index (χ1) is 9.22. The Labute approximate surface area is 100 Å². The van der Waals surface area contributed by atoms with Crippen molar-refractivity contribution < 1.29 is 15.4 Å². The zero-order valence-electron chi connectivity index (χ0n) is 12.7. The number of fused-ring (bicyclic) bond motifs is 1. The van der Waals surface area contributed by atoms with Crippen LogP contribution >= 0.6 is 0 Å². The van der Waals surface area contributed by atoms with Gasteiger partial charge < -0.3 is 10.0 Å². The third-order valence-corrected chi connectivity index (χ3v) is 3.03. The minimum absolute atomic E-state index is 0.0517. The Balaban J connectivity index is 1.99. The Morgan fingerprint density at radius 3 is 2.88 bits per heavy atom. The van der Waals surface area contributed by atoms with E-state index in [1.54, 1.807) is 0 Å². The van der Waals surface area contributed by atoms with E-state index in [1.165, 1.54) is 23.1 Å². The summed E-state index contributed by atoms with van der Waals surface area (Å²) in [6.45, 7) is 0.145. The van der Waals surface area contributed by atoms with Gasteiger partial charge >= 0.3 is 0 Å². The number of carbonyl (C=O) groups excluding carboxylic acids is 1. The number of hydrogen-bond acceptors (Lipinski definition) is 2. The molecule has 0 aromatic heterocycles. The van der Waals surface area contributed by atoms with Crippen LogP contribution in [-0.2, 0) is 6.54 Å². The van der Waals surface area contributed by atoms with Crippen molar-refractivity contribution in [3.63, 3.8) is 0 Å². The molecule has 0 unspecified atom stereocenters. The summed E-state index contributed by atoms with van der Waals surface area (Å²) in [4.78, 5) is 13.7. The highest BCUT2D eigenvalue weighted by atomic mass is 16.3. The van der Waals surface area contributed by atoms with E-state index in [0.29, 0.717) is 11.1 Å². The van der Waals surface area contributed by atoms with Gasteiger partial charge in [-0.25, -0.2) is 0 Å². The monoisotopic (exact) mass is 221 g/mol. The van der Waals surface area contributed by atoms with Crippen LogP contribution in [0.2, 0.25) is 0 Å². The molecule has 1 N–H and O–H groups in total. The molecule has 1 aliphatic heterocycles. The normalized spacial score (nSPS) is 30.5. The standard InChI is InChI=1S/C13H15NO2/c15-11-5-6-12-9(7-11)8-14(13(12)16)10-3-1-2-4-10/h5-7,10,15H,1-4,8H2/i3D2,4D2. The molecule has 0 radical (unpaired) electrons. The van der Waals surface area contributed by atoms with Crippen LogP contribution in [-0.4, -0.2) is 22.0 Å². The molecule has 0 atom stereocenters. The van der Waals surface area contributed by atoms with Crippen LogP contribution in [0.4, 0.5) is 0 Å². The third-order valence-electron chi connectivity index (χ3n) is 3.03. The highest BCUT2D eigenvalue weighted by Crippen LogP contribution is 2.32. The van der Waals surface area contributed by atoms with E-state index >= 15 is 0 Å². The molecule has 1 heterocycles. The quantitative estimate of drug-likeness (QED) is 0.790. The lowest BCUT2D eigenvalue weighted by Gasteiger charge is -2.23. The molecule has 0 spiro atoms. The lowest BCUT2D eigenvalue weighted by Crippen LogP contribution is -2.33. The molecule has 3 nitrogen and oxygen atoms in total. The molecule has 0 bridgehead atoms. The smallest absolute Gasteiger partial charge is 0.254 e. The van der Waals surface area contributed by atoms with Gasteiger partial charge in [0, 0.05) is 23.6 Å². The first-order valence-corrected chi connectivity index (χ1v) is 5.35. The van der Waals surface area contributed by atoms with Gasteiger partial charge in [0.1, 0.15) is 5.75 Å². The summed E-state index contributed by atoms with van der Waals surface area (Å²) < 4.78 is 31.9. The minimum Gasteiger partial charge on any atom is -0.508 e. The van der Waals surface area contributed by atoms with Gasteiger partial charge in [-0.2, -0.15) is 0 Å². The Morgan fingerprint density at radius 2 is 2.12 bits per heavy atom. The Morgan fingerprint density at radius 1 is 1.38 bits per heavy atom. The first-order valence-electron chi connectivity index (χ1n) is 7.35. The van der Waals surface area contributed by atoms with Gasteiger partial charge in [-0.05, 0) is 36.5 Å². The van der Waals surface area contributed by atoms with Crippen molar-refractivity contribution in [1.29, 1.82) is 0 Å². The van der Waals surface area contributed by atoms with Crippen LogP contribution in [0.5, 0.6) is 5.75 Å². The van der Waals surface area contributed by atoms with Crippen molar-refractivity contribution >= 4 is 5.91 Å². The van der Waals surface area contributed by atoms with Gasteiger partial charge in [-0.1, -0.05) is 12.8 Å². The molecule has 1 aliphatic carbocycles.